The number of hydrogen-bond donors (Lipinski definition) is 1. The van der Waals surface area contributed by atoms with E-state index < -0.39 is 11.9 Å². The second-order valence-corrected chi connectivity index (χ2v) is 5.19. The van der Waals surface area contributed by atoms with Crippen LogP contribution in [-0.2, 0) is 16.1 Å². The van der Waals surface area contributed by atoms with Gasteiger partial charge in [0.1, 0.15) is 0 Å². The number of carbonyl (C=O) groups is 2. The first-order chi connectivity index (χ1) is 9.63. The van der Waals surface area contributed by atoms with Crippen molar-refractivity contribution in [2.24, 2.45) is 11.8 Å². The van der Waals surface area contributed by atoms with Crippen molar-refractivity contribution >= 4 is 11.9 Å². The smallest absolute Gasteiger partial charge is 0.307 e. The summed E-state index contributed by atoms with van der Waals surface area (Å²) in [5.74, 6) is -1.77. The van der Waals surface area contributed by atoms with Crippen molar-refractivity contribution < 1.29 is 14.7 Å². The molecule has 0 aliphatic heterocycles. The van der Waals surface area contributed by atoms with Gasteiger partial charge in [-0.2, -0.15) is 0 Å². The van der Waals surface area contributed by atoms with Gasteiger partial charge in [-0.25, -0.2) is 0 Å². The van der Waals surface area contributed by atoms with E-state index in [4.69, 9.17) is 0 Å². The van der Waals surface area contributed by atoms with Crippen LogP contribution in [0.4, 0.5) is 0 Å². The van der Waals surface area contributed by atoms with Crippen LogP contribution in [0.15, 0.2) is 24.5 Å². The Labute approximate surface area is 118 Å². The molecule has 1 amide bonds. The van der Waals surface area contributed by atoms with Gasteiger partial charge in [0.05, 0.1) is 11.8 Å². The normalized spacial score (nSPS) is 21.6. The van der Waals surface area contributed by atoms with Crippen molar-refractivity contribution in [1.29, 1.82) is 0 Å². The Kier molecular flexibility index (Phi) is 4.71. The first kappa shape index (κ1) is 14.5. The van der Waals surface area contributed by atoms with Crippen LogP contribution in [0.5, 0.6) is 0 Å². The summed E-state index contributed by atoms with van der Waals surface area (Å²) in [7, 11) is 0. The summed E-state index contributed by atoms with van der Waals surface area (Å²) in [6.07, 6.45) is 5.51. The molecule has 0 spiro atoms. The van der Waals surface area contributed by atoms with Crippen molar-refractivity contribution in [3.8, 4) is 0 Å². The second kappa shape index (κ2) is 6.50. The Balaban J connectivity index is 2.07. The summed E-state index contributed by atoms with van der Waals surface area (Å²) < 4.78 is 0. The average molecular weight is 276 g/mol. The molecule has 0 aromatic carbocycles. The van der Waals surface area contributed by atoms with Crippen LogP contribution >= 0.6 is 0 Å². The fraction of sp³-hybridized carbons (Fsp3) is 0.533. The summed E-state index contributed by atoms with van der Waals surface area (Å²) in [5.41, 5.74) is 1.01. The zero-order chi connectivity index (χ0) is 14.5. The molecule has 108 valence electrons. The highest BCUT2D eigenvalue weighted by Gasteiger charge is 2.39. The van der Waals surface area contributed by atoms with Crippen LogP contribution in [0.3, 0.4) is 0 Å². The molecule has 1 saturated carbocycles. The SMILES string of the molecule is CCN(Cc1ccncc1)C(=O)[C@@H]1CCC[C@@H]1C(=O)O. The lowest BCUT2D eigenvalue weighted by molar-refractivity contribution is -0.149. The van der Waals surface area contributed by atoms with E-state index in [9.17, 15) is 14.7 Å². The zero-order valence-electron chi connectivity index (χ0n) is 11.7. The highest BCUT2D eigenvalue weighted by Crippen LogP contribution is 2.33. The van der Waals surface area contributed by atoms with Crippen molar-refractivity contribution in [3.63, 3.8) is 0 Å². The lowest BCUT2D eigenvalue weighted by Crippen LogP contribution is -2.38. The van der Waals surface area contributed by atoms with E-state index in [1.165, 1.54) is 0 Å². The van der Waals surface area contributed by atoms with Gasteiger partial charge < -0.3 is 10.0 Å². The first-order valence-corrected chi connectivity index (χ1v) is 7.04. The molecule has 5 nitrogen and oxygen atoms in total. The third-order valence-electron chi connectivity index (χ3n) is 3.97. The summed E-state index contributed by atoms with van der Waals surface area (Å²) in [5, 5.41) is 9.20. The van der Waals surface area contributed by atoms with Gasteiger partial charge in [0.15, 0.2) is 0 Å². The summed E-state index contributed by atoms with van der Waals surface area (Å²) >= 11 is 0. The molecule has 2 rings (SSSR count). The lowest BCUT2D eigenvalue weighted by Gasteiger charge is -2.26. The highest BCUT2D eigenvalue weighted by molar-refractivity contribution is 5.85. The highest BCUT2D eigenvalue weighted by atomic mass is 16.4. The van der Waals surface area contributed by atoms with Gasteiger partial charge in [-0.15, -0.1) is 0 Å². The number of amides is 1. The third-order valence-corrected chi connectivity index (χ3v) is 3.97. The minimum Gasteiger partial charge on any atom is -0.481 e. The number of carbonyl (C=O) groups excluding carboxylic acids is 1. The van der Waals surface area contributed by atoms with Crippen molar-refractivity contribution in [2.75, 3.05) is 6.54 Å². The molecule has 5 heteroatoms. The van der Waals surface area contributed by atoms with Gasteiger partial charge in [-0.1, -0.05) is 6.42 Å². The molecule has 1 aromatic heterocycles. The Morgan fingerprint density at radius 1 is 1.30 bits per heavy atom. The number of aromatic nitrogens is 1. The minimum absolute atomic E-state index is 0.0331. The van der Waals surface area contributed by atoms with Gasteiger partial charge in [0.2, 0.25) is 5.91 Å². The Morgan fingerprint density at radius 3 is 2.55 bits per heavy atom. The fourth-order valence-electron chi connectivity index (χ4n) is 2.84. The molecule has 20 heavy (non-hydrogen) atoms. The number of hydrogen-bond acceptors (Lipinski definition) is 3. The van der Waals surface area contributed by atoms with E-state index in [1.807, 2.05) is 19.1 Å². The Morgan fingerprint density at radius 2 is 1.95 bits per heavy atom. The van der Waals surface area contributed by atoms with Crippen LogP contribution in [0, 0.1) is 11.8 Å². The van der Waals surface area contributed by atoms with E-state index in [0.717, 1.165) is 12.0 Å². The van der Waals surface area contributed by atoms with Crippen LogP contribution in [0.2, 0.25) is 0 Å². The van der Waals surface area contributed by atoms with Crippen LogP contribution in [0.1, 0.15) is 31.7 Å². The standard InChI is InChI=1S/C15H20N2O3/c1-2-17(10-11-6-8-16-9-7-11)14(18)12-4-3-5-13(12)15(19)20/h6-9,12-13H,2-5,10H2,1H3,(H,19,20)/t12-,13+/m1/s1. The molecular weight excluding hydrogens is 256 g/mol. The molecule has 0 bridgehead atoms. The van der Waals surface area contributed by atoms with Gasteiger partial charge in [0.25, 0.3) is 0 Å². The van der Waals surface area contributed by atoms with Crippen molar-refractivity contribution in [2.45, 2.75) is 32.7 Å². The monoisotopic (exact) mass is 276 g/mol. The molecule has 1 aromatic rings. The molecule has 1 heterocycles. The molecule has 1 aliphatic rings. The van der Waals surface area contributed by atoms with Crippen LogP contribution in [0.25, 0.3) is 0 Å². The molecule has 0 saturated heterocycles. The van der Waals surface area contributed by atoms with E-state index in [2.05, 4.69) is 4.98 Å². The number of nitrogens with zero attached hydrogens (tertiary/aromatic N) is 2. The molecule has 0 radical (unpaired) electrons. The van der Waals surface area contributed by atoms with Gasteiger partial charge >= 0.3 is 5.97 Å². The van der Waals surface area contributed by atoms with Crippen molar-refractivity contribution in [3.05, 3.63) is 30.1 Å². The molecular formula is C15H20N2O3. The van der Waals surface area contributed by atoms with Gasteiger partial charge in [-0.3, -0.25) is 14.6 Å². The van der Waals surface area contributed by atoms with E-state index in [-0.39, 0.29) is 11.8 Å². The summed E-state index contributed by atoms with van der Waals surface area (Å²) in [4.78, 5) is 29.4. The predicted molar refractivity (Wildman–Crippen MR) is 73.8 cm³/mol. The maximum atomic E-state index is 12.5. The molecule has 1 aliphatic carbocycles. The molecule has 1 N–H and O–H groups in total. The average Bonchev–Trinajstić information content (AvgIpc) is 2.94. The van der Waals surface area contributed by atoms with E-state index in [1.54, 1.807) is 17.3 Å². The maximum Gasteiger partial charge on any atom is 0.307 e. The van der Waals surface area contributed by atoms with Gasteiger partial charge in [-0.05, 0) is 37.5 Å². The van der Waals surface area contributed by atoms with Crippen LogP contribution in [-0.4, -0.2) is 33.4 Å². The third kappa shape index (κ3) is 3.15. The minimum atomic E-state index is -0.846. The largest absolute Gasteiger partial charge is 0.481 e. The van der Waals surface area contributed by atoms with Crippen LogP contribution < -0.4 is 0 Å². The zero-order valence-corrected chi connectivity index (χ0v) is 11.7. The number of carboxylic acid groups (broad SMARTS) is 1. The number of pyridine rings is 1. The predicted octanol–water partition coefficient (Wildman–Crippen LogP) is 1.93. The molecule has 0 unspecified atom stereocenters. The quantitative estimate of drug-likeness (QED) is 0.892. The fourth-order valence-corrected chi connectivity index (χ4v) is 2.84. The summed E-state index contributed by atoms with van der Waals surface area (Å²) in [6, 6.07) is 3.75. The van der Waals surface area contributed by atoms with Gasteiger partial charge in [0, 0.05) is 25.5 Å². The van der Waals surface area contributed by atoms with Crippen molar-refractivity contribution in [1.82, 2.24) is 9.88 Å². The second-order valence-electron chi connectivity index (χ2n) is 5.19. The molecule has 1 fully saturated rings. The van der Waals surface area contributed by atoms with E-state index in [0.29, 0.717) is 25.9 Å². The summed E-state index contributed by atoms with van der Waals surface area (Å²) in [6.45, 7) is 3.02. The number of carboxylic acids is 1. The maximum absolute atomic E-state index is 12.5. The Hall–Kier alpha value is -1.91. The Bertz CT molecular complexity index is 475. The molecule has 2 atom stereocenters. The first-order valence-electron chi connectivity index (χ1n) is 7.04. The number of aliphatic carboxylic acids is 1. The lowest BCUT2D eigenvalue weighted by atomic mass is 9.94. The topological polar surface area (TPSA) is 70.5 Å². The number of rotatable bonds is 5. The van der Waals surface area contributed by atoms with E-state index >= 15 is 0 Å².